The van der Waals surface area contributed by atoms with Crippen molar-refractivity contribution in [2.75, 3.05) is 52.9 Å². The molecule has 1 aromatic rings. The van der Waals surface area contributed by atoms with Gasteiger partial charge in [0.1, 0.15) is 63.7 Å². The van der Waals surface area contributed by atoms with Crippen LogP contribution in [0.15, 0.2) is 97.2 Å². The third kappa shape index (κ3) is 16.3. The van der Waals surface area contributed by atoms with E-state index in [1.807, 2.05) is 0 Å². The van der Waals surface area contributed by atoms with Crippen LogP contribution >= 0.6 is 0 Å². The summed E-state index contributed by atoms with van der Waals surface area (Å²) < 4.78 is 43.1. The van der Waals surface area contributed by atoms with Crippen LogP contribution in [0.3, 0.4) is 0 Å². The Morgan fingerprint density at radius 2 is 0.534 bits per heavy atom. The van der Waals surface area contributed by atoms with Gasteiger partial charge in [-0.2, -0.15) is 0 Å². The highest BCUT2D eigenvalue weighted by molar-refractivity contribution is 6.03. The van der Waals surface area contributed by atoms with Gasteiger partial charge in [0.25, 0.3) is 0 Å². The Hall–Kier alpha value is -6.58. The lowest BCUT2D eigenvalue weighted by atomic mass is 9.91. The van der Waals surface area contributed by atoms with E-state index < -0.39 is 111 Å². The second-order valence-corrected chi connectivity index (χ2v) is 13.8. The Morgan fingerprint density at radius 1 is 0.362 bits per heavy atom. The summed E-state index contributed by atoms with van der Waals surface area (Å²) in [4.78, 5) is 102. The Morgan fingerprint density at radius 3 is 0.707 bits per heavy atom. The maximum Gasteiger partial charge on any atom is 0.339 e. The first-order chi connectivity index (χ1) is 27.0. The average molecular weight is 811 g/mol. The molecule has 0 aromatic heterocycles. The molecule has 0 heterocycles. The van der Waals surface area contributed by atoms with Crippen molar-refractivity contribution < 1.29 is 76.3 Å². The molecule has 0 amide bonds. The number of benzene rings is 1. The third-order valence-electron chi connectivity index (χ3n) is 7.53. The molecule has 0 aliphatic carbocycles. The first-order valence-corrected chi connectivity index (χ1v) is 17.4. The Balaban J connectivity index is 3.58. The van der Waals surface area contributed by atoms with Gasteiger partial charge in [-0.1, -0.05) is 51.6 Å². The molecule has 0 bridgehead atoms. The predicted octanol–water partition coefficient (Wildman–Crippen LogP) is 4.69. The molecule has 58 heavy (non-hydrogen) atoms. The van der Waals surface area contributed by atoms with E-state index in [0.717, 1.165) is 0 Å². The zero-order valence-electron chi connectivity index (χ0n) is 33.7. The highest BCUT2D eigenvalue weighted by Crippen LogP contribution is 2.26. The lowest BCUT2D eigenvalue weighted by Crippen LogP contribution is -2.44. The minimum atomic E-state index is -1.70. The van der Waals surface area contributed by atoms with Crippen LogP contribution < -0.4 is 0 Å². The lowest BCUT2D eigenvalue weighted by molar-refractivity contribution is -0.163. The molecule has 314 valence electrons. The van der Waals surface area contributed by atoms with Crippen molar-refractivity contribution in [3.05, 3.63) is 108 Å². The number of carbonyl (C=O) groups excluding carboxylic acids is 8. The molecule has 1 aromatic carbocycles. The fraction of sp³-hybridized carbons (Fsp3) is 0.381. The van der Waals surface area contributed by atoms with Gasteiger partial charge in [0.15, 0.2) is 0 Å². The van der Waals surface area contributed by atoms with E-state index in [4.69, 9.17) is 37.9 Å². The molecule has 0 N–H and O–H groups in total. The van der Waals surface area contributed by atoms with Gasteiger partial charge in [0.05, 0.1) is 11.1 Å². The smallest absolute Gasteiger partial charge is 0.339 e. The van der Waals surface area contributed by atoms with Crippen molar-refractivity contribution in [3.63, 3.8) is 0 Å². The van der Waals surface area contributed by atoms with Crippen LogP contribution in [0, 0.1) is 10.8 Å². The fourth-order valence-corrected chi connectivity index (χ4v) is 3.98. The summed E-state index contributed by atoms with van der Waals surface area (Å²) in [6, 6.07) is 5.28. The molecular weight excluding hydrogens is 760 g/mol. The van der Waals surface area contributed by atoms with Gasteiger partial charge in [-0.05, 0) is 53.7 Å². The van der Waals surface area contributed by atoms with Crippen LogP contribution in [0.5, 0.6) is 0 Å². The molecule has 0 unspecified atom stereocenters. The summed E-state index contributed by atoms with van der Waals surface area (Å²) in [6.45, 7) is 24.4. The monoisotopic (exact) mass is 810 g/mol. The van der Waals surface area contributed by atoms with E-state index in [1.54, 1.807) is 0 Å². The molecule has 0 atom stereocenters. The fourth-order valence-electron chi connectivity index (χ4n) is 3.98. The summed E-state index contributed by atoms with van der Waals surface area (Å²) in [5.74, 6) is -7.34. The van der Waals surface area contributed by atoms with Crippen LogP contribution in [0.2, 0.25) is 0 Å². The van der Waals surface area contributed by atoms with E-state index in [0.29, 0.717) is 0 Å². The minimum Gasteiger partial charge on any atom is -0.461 e. The molecule has 1 rings (SSSR count). The molecule has 0 aliphatic heterocycles. The number of hydrogen-bond acceptors (Lipinski definition) is 16. The van der Waals surface area contributed by atoms with Gasteiger partial charge in [0.2, 0.25) is 0 Å². The summed E-state index contributed by atoms with van der Waals surface area (Å²) in [5, 5.41) is 0. The molecule has 16 nitrogen and oxygen atoms in total. The largest absolute Gasteiger partial charge is 0.461 e. The SMILES string of the molecule is C=C(C)C(=O)OCC(COC(=O)C(=C)C)(COC(=O)C(=C)C)COC(=O)c1ccccc1C(=O)OCC(COC(=O)C(=C)C)(COC(=O)C(=C)C)COC(=O)C(=C)C. The minimum absolute atomic E-state index is 0.0113. The number of esters is 8. The molecule has 16 heteroatoms. The molecule has 0 saturated heterocycles. The van der Waals surface area contributed by atoms with Gasteiger partial charge in [0, 0.05) is 33.4 Å². The number of ether oxygens (including phenoxy) is 8. The van der Waals surface area contributed by atoms with Crippen molar-refractivity contribution in [1.29, 1.82) is 0 Å². The normalized spacial score (nSPS) is 10.7. The summed E-state index contributed by atoms with van der Waals surface area (Å²) >= 11 is 0. The lowest BCUT2D eigenvalue weighted by Gasteiger charge is -2.32. The van der Waals surface area contributed by atoms with E-state index in [1.165, 1.54) is 65.8 Å². The Bertz CT molecular complexity index is 1580. The second-order valence-electron chi connectivity index (χ2n) is 13.8. The Kier molecular flexibility index (Phi) is 19.5. The second kappa shape index (κ2) is 22.8. The molecular formula is C42H50O16. The van der Waals surface area contributed by atoms with Gasteiger partial charge in [-0.3, -0.25) is 0 Å². The first-order valence-electron chi connectivity index (χ1n) is 17.4. The summed E-state index contributed by atoms with van der Waals surface area (Å²) in [7, 11) is 0. The molecule has 0 radical (unpaired) electrons. The number of hydrogen-bond donors (Lipinski definition) is 0. The van der Waals surface area contributed by atoms with Gasteiger partial charge < -0.3 is 37.9 Å². The van der Waals surface area contributed by atoms with Gasteiger partial charge in [-0.15, -0.1) is 0 Å². The third-order valence-corrected chi connectivity index (χ3v) is 7.53. The van der Waals surface area contributed by atoms with Crippen LogP contribution in [0.4, 0.5) is 0 Å². The first kappa shape index (κ1) is 49.4. The standard InChI is InChI=1S/C42H50O16/c1-25(2)33(43)51-17-41(18-52-34(44)26(3)4,19-53-35(45)27(5)6)23-57-39(49)31-15-13-14-16-32(31)40(50)58-24-42(20-54-36(46)28(7)8,21-55-37(47)29(9)10)22-56-38(48)30(11)12/h13-16H,1,3,5,7,9,11,17-24H2,2,4,6,8,10,12H3. The van der Waals surface area contributed by atoms with Crippen molar-refractivity contribution in [2.45, 2.75) is 41.5 Å². The maximum absolute atomic E-state index is 13.7. The van der Waals surface area contributed by atoms with E-state index >= 15 is 0 Å². The highest BCUT2D eigenvalue weighted by Gasteiger charge is 2.40. The zero-order chi connectivity index (χ0) is 44.4. The highest BCUT2D eigenvalue weighted by atomic mass is 16.6. The van der Waals surface area contributed by atoms with Crippen LogP contribution in [-0.2, 0) is 66.7 Å². The van der Waals surface area contributed by atoms with Crippen LogP contribution in [0.25, 0.3) is 0 Å². The maximum atomic E-state index is 13.7. The number of carbonyl (C=O) groups is 8. The van der Waals surface area contributed by atoms with Crippen molar-refractivity contribution in [2.24, 2.45) is 10.8 Å². The van der Waals surface area contributed by atoms with E-state index in [2.05, 4.69) is 39.5 Å². The Labute approximate surface area is 337 Å². The predicted molar refractivity (Wildman–Crippen MR) is 207 cm³/mol. The molecule has 0 fully saturated rings. The quantitative estimate of drug-likeness (QED) is 0.0788. The van der Waals surface area contributed by atoms with Gasteiger partial charge >= 0.3 is 47.8 Å². The molecule has 0 saturated carbocycles. The van der Waals surface area contributed by atoms with E-state index in [9.17, 15) is 38.4 Å². The van der Waals surface area contributed by atoms with Crippen LogP contribution in [-0.4, -0.2) is 101 Å². The van der Waals surface area contributed by atoms with Crippen molar-refractivity contribution >= 4 is 47.8 Å². The summed E-state index contributed by atoms with van der Waals surface area (Å²) in [5.41, 5.74) is -4.00. The topological polar surface area (TPSA) is 210 Å². The average Bonchev–Trinajstić information content (AvgIpc) is 3.18. The number of rotatable bonds is 24. The van der Waals surface area contributed by atoms with Crippen LogP contribution in [0.1, 0.15) is 62.3 Å². The molecule has 0 aliphatic rings. The van der Waals surface area contributed by atoms with Crippen molar-refractivity contribution in [1.82, 2.24) is 0 Å². The van der Waals surface area contributed by atoms with Gasteiger partial charge in [-0.25, -0.2) is 38.4 Å². The van der Waals surface area contributed by atoms with Crippen molar-refractivity contribution in [3.8, 4) is 0 Å². The molecule has 0 spiro atoms. The van der Waals surface area contributed by atoms with E-state index in [-0.39, 0.29) is 44.6 Å². The summed E-state index contributed by atoms with van der Waals surface area (Å²) in [6.07, 6.45) is 0. The zero-order valence-corrected chi connectivity index (χ0v) is 33.7.